The SMILES string of the molecule is CCOc1ccc(NC(=O)NC(C)c2cccc(OC(C)C)c2)cc1. The van der Waals surface area contributed by atoms with Crippen LogP contribution >= 0.6 is 0 Å². The Balaban J connectivity index is 1.93. The highest BCUT2D eigenvalue weighted by Gasteiger charge is 2.11. The van der Waals surface area contributed by atoms with Gasteiger partial charge in [0.2, 0.25) is 0 Å². The van der Waals surface area contributed by atoms with Crippen molar-refractivity contribution in [3.8, 4) is 11.5 Å². The van der Waals surface area contributed by atoms with Gasteiger partial charge in [-0.2, -0.15) is 0 Å². The molecule has 1 atom stereocenters. The Kier molecular flexibility index (Phi) is 6.69. The molecule has 0 bridgehead atoms. The van der Waals surface area contributed by atoms with Crippen LogP contribution in [0.15, 0.2) is 48.5 Å². The highest BCUT2D eigenvalue weighted by Crippen LogP contribution is 2.20. The average Bonchev–Trinajstić information content (AvgIpc) is 2.56. The molecule has 134 valence electrons. The summed E-state index contributed by atoms with van der Waals surface area (Å²) >= 11 is 0. The van der Waals surface area contributed by atoms with Crippen LogP contribution in [0.2, 0.25) is 0 Å². The number of rotatable bonds is 7. The first-order chi connectivity index (χ1) is 12.0. The molecule has 0 saturated carbocycles. The second kappa shape index (κ2) is 8.97. The van der Waals surface area contributed by atoms with E-state index in [4.69, 9.17) is 9.47 Å². The Hall–Kier alpha value is -2.69. The summed E-state index contributed by atoms with van der Waals surface area (Å²) in [5.41, 5.74) is 1.70. The zero-order valence-corrected chi connectivity index (χ0v) is 15.2. The van der Waals surface area contributed by atoms with Crippen molar-refractivity contribution in [1.29, 1.82) is 0 Å². The van der Waals surface area contributed by atoms with Gasteiger partial charge in [-0.15, -0.1) is 0 Å². The van der Waals surface area contributed by atoms with E-state index >= 15 is 0 Å². The number of ether oxygens (including phenoxy) is 2. The third-order valence-corrected chi connectivity index (χ3v) is 3.50. The minimum absolute atomic E-state index is 0.112. The van der Waals surface area contributed by atoms with Crippen molar-refractivity contribution in [2.75, 3.05) is 11.9 Å². The molecule has 0 fully saturated rings. The van der Waals surface area contributed by atoms with Crippen LogP contribution in [0, 0.1) is 0 Å². The van der Waals surface area contributed by atoms with Crippen LogP contribution in [0.4, 0.5) is 10.5 Å². The fourth-order valence-electron chi connectivity index (χ4n) is 2.38. The van der Waals surface area contributed by atoms with Gasteiger partial charge >= 0.3 is 6.03 Å². The molecule has 0 radical (unpaired) electrons. The quantitative estimate of drug-likeness (QED) is 0.763. The summed E-state index contributed by atoms with van der Waals surface area (Å²) in [4.78, 5) is 12.2. The number of hydrogen-bond acceptors (Lipinski definition) is 3. The molecule has 5 heteroatoms. The molecule has 2 N–H and O–H groups in total. The molecule has 0 saturated heterocycles. The molecule has 2 aromatic rings. The van der Waals surface area contributed by atoms with Crippen LogP contribution in [-0.2, 0) is 0 Å². The first-order valence-electron chi connectivity index (χ1n) is 8.55. The van der Waals surface area contributed by atoms with Gasteiger partial charge in [0.05, 0.1) is 18.8 Å². The molecular weight excluding hydrogens is 316 g/mol. The van der Waals surface area contributed by atoms with Gasteiger partial charge in [0, 0.05) is 5.69 Å². The minimum atomic E-state index is -0.258. The van der Waals surface area contributed by atoms with Crippen molar-refractivity contribution >= 4 is 11.7 Å². The maximum atomic E-state index is 12.2. The highest BCUT2D eigenvalue weighted by molar-refractivity contribution is 5.89. The maximum Gasteiger partial charge on any atom is 0.319 e. The van der Waals surface area contributed by atoms with E-state index in [-0.39, 0.29) is 18.2 Å². The molecule has 0 aliphatic heterocycles. The number of nitrogens with one attached hydrogen (secondary N) is 2. The van der Waals surface area contributed by atoms with Crippen LogP contribution < -0.4 is 20.1 Å². The van der Waals surface area contributed by atoms with Crippen molar-refractivity contribution in [2.45, 2.75) is 39.8 Å². The lowest BCUT2D eigenvalue weighted by Gasteiger charge is -2.17. The first kappa shape index (κ1) is 18.6. The lowest BCUT2D eigenvalue weighted by Crippen LogP contribution is -2.31. The predicted octanol–water partition coefficient (Wildman–Crippen LogP) is 4.76. The normalized spacial score (nSPS) is 11.7. The largest absolute Gasteiger partial charge is 0.494 e. The third kappa shape index (κ3) is 6.03. The summed E-state index contributed by atoms with van der Waals surface area (Å²) < 4.78 is 11.1. The van der Waals surface area contributed by atoms with Crippen LogP contribution in [0.3, 0.4) is 0 Å². The number of carbonyl (C=O) groups is 1. The van der Waals surface area contributed by atoms with Crippen LogP contribution in [0.25, 0.3) is 0 Å². The highest BCUT2D eigenvalue weighted by atomic mass is 16.5. The predicted molar refractivity (Wildman–Crippen MR) is 100 cm³/mol. The van der Waals surface area contributed by atoms with E-state index in [0.717, 1.165) is 17.1 Å². The smallest absolute Gasteiger partial charge is 0.319 e. The molecule has 5 nitrogen and oxygen atoms in total. The van der Waals surface area contributed by atoms with Crippen molar-refractivity contribution < 1.29 is 14.3 Å². The maximum absolute atomic E-state index is 12.2. The Bertz CT molecular complexity index is 684. The van der Waals surface area contributed by atoms with E-state index < -0.39 is 0 Å². The second-order valence-corrected chi connectivity index (χ2v) is 6.02. The van der Waals surface area contributed by atoms with Crippen molar-refractivity contribution in [3.63, 3.8) is 0 Å². The summed E-state index contributed by atoms with van der Waals surface area (Å²) in [7, 11) is 0. The molecule has 1 unspecified atom stereocenters. The molecule has 0 aromatic heterocycles. The topological polar surface area (TPSA) is 59.6 Å². The van der Waals surface area contributed by atoms with Gasteiger partial charge in [0.1, 0.15) is 11.5 Å². The van der Waals surface area contributed by atoms with E-state index in [1.54, 1.807) is 0 Å². The molecule has 0 aliphatic rings. The number of urea groups is 1. The van der Waals surface area contributed by atoms with Gasteiger partial charge in [0.15, 0.2) is 0 Å². The Morgan fingerprint density at radius 2 is 1.76 bits per heavy atom. The lowest BCUT2D eigenvalue weighted by atomic mass is 10.1. The van der Waals surface area contributed by atoms with E-state index in [0.29, 0.717) is 12.3 Å². The molecule has 25 heavy (non-hydrogen) atoms. The van der Waals surface area contributed by atoms with Crippen molar-refractivity contribution in [3.05, 3.63) is 54.1 Å². The standard InChI is InChI=1S/C20H26N2O3/c1-5-24-18-11-9-17(10-12-18)22-20(23)21-15(4)16-7-6-8-19(13-16)25-14(2)3/h6-15H,5H2,1-4H3,(H2,21,22,23). The van der Waals surface area contributed by atoms with Gasteiger partial charge in [-0.3, -0.25) is 0 Å². The molecule has 0 aliphatic carbocycles. The van der Waals surface area contributed by atoms with Gasteiger partial charge in [-0.1, -0.05) is 12.1 Å². The summed E-state index contributed by atoms with van der Waals surface area (Å²) in [5, 5.41) is 5.75. The summed E-state index contributed by atoms with van der Waals surface area (Å²) in [5.74, 6) is 1.58. The van der Waals surface area contributed by atoms with Gasteiger partial charge in [-0.25, -0.2) is 4.79 Å². The van der Waals surface area contributed by atoms with Crippen molar-refractivity contribution in [2.24, 2.45) is 0 Å². The number of amides is 2. The van der Waals surface area contributed by atoms with Gasteiger partial charge < -0.3 is 20.1 Å². The number of anilines is 1. The van der Waals surface area contributed by atoms with Crippen molar-refractivity contribution in [1.82, 2.24) is 5.32 Å². The third-order valence-electron chi connectivity index (χ3n) is 3.50. The molecule has 2 rings (SSSR count). The molecular formula is C20H26N2O3. The summed E-state index contributed by atoms with van der Waals surface area (Å²) in [6, 6.07) is 14.6. The Labute approximate surface area is 149 Å². The average molecular weight is 342 g/mol. The summed E-state index contributed by atoms with van der Waals surface area (Å²) in [6.07, 6.45) is 0.112. The number of benzene rings is 2. The first-order valence-corrected chi connectivity index (χ1v) is 8.55. The Morgan fingerprint density at radius 1 is 1.04 bits per heavy atom. The summed E-state index contributed by atoms with van der Waals surface area (Å²) in [6.45, 7) is 8.45. The molecule has 0 heterocycles. The fourth-order valence-corrected chi connectivity index (χ4v) is 2.38. The van der Waals surface area contributed by atoms with E-state index in [1.165, 1.54) is 0 Å². The van der Waals surface area contributed by atoms with E-state index in [9.17, 15) is 4.79 Å². The minimum Gasteiger partial charge on any atom is -0.494 e. The number of carbonyl (C=O) groups excluding carboxylic acids is 1. The number of hydrogen-bond donors (Lipinski definition) is 2. The zero-order valence-electron chi connectivity index (χ0n) is 15.2. The Morgan fingerprint density at radius 3 is 2.40 bits per heavy atom. The monoisotopic (exact) mass is 342 g/mol. The van der Waals surface area contributed by atoms with Gasteiger partial charge in [0.25, 0.3) is 0 Å². The fraction of sp³-hybridized carbons (Fsp3) is 0.350. The second-order valence-electron chi connectivity index (χ2n) is 6.02. The van der Waals surface area contributed by atoms with Crippen LogP contribution in [-0.4, -0.2) is 18.7 Å². The van der Waals surface area contributed by atoms with Gasteiger partial charge in [-0.05, 0) is 69.7 Å². The van der Waals surface area contributed by atoms with E-state index in [2.05, 4.69) is 10.6 Å². The van der Waals surface area contributed by atoms with Crippen LogP contribution in [0.5, 0.6) is 11.5 Å². The lowest BCUT2D eigenvalue weighted by molar-refractivity contribution is 0.241. The van der Waals surface area contributed by atoms with E-state index in [1.807, 2.05) is 76.2 Å². The molecule has 2 aromatic carbocycles. The zero-order chi connectivity index (χ0) is 18.2. The molecule has 2 amide bonds. The molecule has 0 spiro atoms. The van der Waals surface area contributed by atoms with Crippen LogP contribution in [0.1, 0.15) is 39.3 Å².